The van der Waals surface area contributed by atoms with Gasteiger partial charge in [-0.1, -0.05) is 11.6 Å². The minimum Gasteiger partial charge on any atom is -0.489 e. The molecule has 216 valence electrons. The van der Waals surface area contributed by atoms with Crippen LogP contribution in [-0.2, 0) is 9.84 Å². The summed E-state index contributed by atoms with van der Waals surface area (Å²) in [5.41, 5.74) is 3.87. The summed E-state index contributed by atoms with van der Waals surface area (Å²) < 4.78 is 31.6. The van der Waals surface area contributed by atoms with E-state index in [1.54, 1.807) is 19.1 Å². The Kier molecular flexibility index (Phi) is 9.89. The van der Waals surface area contributed by atoms with Crippen molar-refractivity contribution in [3.05, 3.63) is 58.7 Å². The number of aliphatic hydroxyl groups excluding tert-OH is 1. The van der Waals surface area contributed by atoms with E-state index in [0.29, 0.717) is 28.4 Å². The number of aliphatic hydroxyl groups is 1. The van der Waals surface area contributed by atoms with Gasteiger partial charge in [0.1, 0.15) is 10.8 Å². The first-order valence-electron chi connectivity index (χ1n) is 13.6. The van der Waals surface area contributed by atoms with Crippen molar-refractivity contribution in [2.45, 2.75) is 69.1 Å². The van der Waals surface area contributed by atoms with E-state index in [1.807, 2.05) is 13.8 Å². The van der Waals surface area contributed by atoms with Crippen LogP contribution in [-0.4, -0.2) is 54.5 Å². The van der Waals surface area contributed by atoms with Crippen molar-refractivity contribution in [2.24, 2.45) is 0 Å². The van der Waals surface area contributed by atoms with Gasteiger partial charge in [0.2, 0.25) is 5.95 Å². The number of hydrogen-bond donors (Lipinski definition) is 4. The molecule has 2 aromatic carbocycles. The molecule has 9 nitrogen and oxygen atoms in total. The highest BCUT2D eigenvalue weighted by molar-refractivity contribution is 7.92. The highest BCUT2D eigenvalue weighted by Gasteiger charge is 2.23. The van der Waals surface area contributed by atoms with Crippen molar-refractivity contribution in [1.29, 1.82) is 0 Å². The number of piperidine rings is 1. The molecular weight excluding hydrogens is 550 g/mol. The molecule has 40 heavy (non-hydrogen) atoms. The molecule has 1 fully saturated rings. The lowest BCUT2D eigenvalue weighted by molar-refractivity contribution is 0.243. The number of benzene rings is 2. The number of hydrogen-bond acceptors (Lipinski definition) is 9. The van der Waals surface area contributed by atoms with Crippen molar-refractivity contribution < 1.29 is 18.3 Å². The fourth-order valence-electron chi connectivity index (χ4n) is 4.80. The lowest BCUT2D eigenvalue weighted by Crippen LogP contribution is -2.27. The SMILES string of the molecule is Cc1cc(Nc2ncc(Cl)c(Nc3ccc(S(=O)(=O)C(C)CCO)cc3)n2)c(OC(C)C)cc1C1CCNCC1. The third-order valence-corrected chi connectivity index (χ3v) is 9.51. The summed E-state index contributed by atoms with van der Waals surface area (Å²) in [6.07, 6.45) is 3.87. The number of aromatic nitrogens is 2. The van der Waals surface area contributed by atoms with Crippen molar-refractivity contribution in [2.75, 3.05) is 30.3 Å². The molecule has 1 unspecified atom stereocenters. The first-order valence-corrected chi connectivity index (χ1v) is 15.5. The van der Waals surface area contributed by atoms with Crippen LogP contribution in [0.15, 0.2) is 47.5 Å². The molecule has 0 bridgehead atoms. The zero-order chi connectivity index (χ0) is 28.9. The van der Waals surface area contributed by atoms with Crippen LogP contribution < -0.4 is 20.7 Å². The van der Waals surface area contributed by atoms with Gasteiger partial charge in [-0.15, -0.1) is 0 Å². The number of anilines is 4. The molecule has 4 rings (SSSR count). The van der Waals surface area contributed by atoms with E-state index in [9.17, 15) is 8.42 Å². The standard InChI is InChI=1S/C29H38ClN5O4S/c1-18(2)39-27-16-24(21-9-12-31-13-10-21)19(3)15-26(27)34-29-32-17-25(30)28(35-29)33-22-5-7-23(8-6-22)40(37,38)20(4)11-14-36/h5-8,15-18,20-21,31,36H,9-14H2,1-4H3,(H2,32,33,34,35). The quantitative estimate of drug-likeness (QED) is 0.223. The van der Waals surface area contributed by atoms with E-state index in [-0.39, 0.29) is 24.0 Å². The van der Waals surface area contributed by atoms with Crippen LogP contribution in [0.3, 0.4) is 0 Å². The van der Waals surface area contributed by atoms with Crippen molar-refractivity contribution in [3.63, 3.8) is 0 Å². The topological polar surface area (TPSA) is 125 Å². The van der Waals surface area contributed by atoms with Crippen molar-refractivity contribution in [1.82, 2.24) is 15.3 Å². The second-order valence-corrected chi connectivity index (χ2v) is 13.2. The maximum atomic E-state index is 12.7. The number of sulfone groups is 1. The molecule has 1 aliphatic heterocycles. The van der Waals surface area contributed by atoms with Crippen LogP contribution in [0, 0.1) is 6.92 Å². The molecule has 1 saturated heterocycles. The fraction of sp³-hybridized carbons (Fsp3) is 0.448. The van der Waals surface area contributed by atoms with Gasteiger partial charge in [0.25, 0.3) is 0 Å². The predicted octanol–water partition coefficient (Wildman–Crippen LogP) is 5.72. The first kappa shape index (κ1) is 30.0. The Labute approximate surface area is 241 Å². The molecule has 3 aromatic rings. The fourth-order valence-corrected chi connectivity index (χ4v) is 6.33. The van der Waals surface area contributed by atoms with Gasteiger partial charge in [0.15, 0.2) is 15.7 Å². The Morgan fingerprint density at radius 3 is 2.48 bits per heavy atom. The molecular formula is C29H38ClN5O4S. The highest BCUT2D eigenvalue weighted by atomic mass is 35.5. The number of nitrogens with one attached hydrogen (secondary N) is 3. The maximum absolute atomic E-state index is 12.7. The van der Waals surface area contributed by atoms with Crippen LogP contribution in [0.25, 0.3) is 0 Å². The van der Waals surface area contributed by atoms with Gasteiger partial charge in [-0.25, -0.2) is 13.4 Å². The third-order valence-electron chi connectivity index (χ3n) is 7.01. The van der Waals surface area contributed by atoms with Gasteiger partial charge < -0.3 is 25.8 Å². The molecule has 2 heterocycles. The molecule has 11 heteroatoms. The van der Waals surface area contributed by atoms with Gasteiger partial charge in [0, 0.05) is 12.3 Å². The van der Waals surface area contributed by atoms with Gasteiger partial charge in [-0.05, 0) is 113 Å². The van der Waals surface area contributed by atoms with Crippen LogP contribution >= 0.6 is 11.6 Å². The summed E-state index contributed by atoms with van der Waals surface area (Å²) in [5.74, 6) is 1.95. The zero-order valence-electron chi connectivity index (χ0n) is 23.4. The average Bonchev–Trinajstić information content (AvgIpc) is 2.92. The maximum Gasteiger partial charge on any atom is 0.229 e. The molecule has 1 aromatic heterocycles. The van der Waals surface area contributed by atoms with E-state index in [2.05, 4.69) is 45.0 Å². The van der Waals surface area contributed by atoms with Gasteiger partial charge >= 0.3 is 0 Å². The second-order valence-electron chi connectivity index (χ2n) is 10.4. The van der Waals surface area contributed by atoms with Gasteiger partial charge in [0.05, 0.1) is 28.1 Å². The Balaban J connectivity index is 1.56. The van der Waals surface area contributed by atoms with Gasteiger partial charge in [-0.3, -0.25) is 0 Å². The molecule has 0 aliphatic carbocycles. The molecule has 1 aliphatic rings. The largest absolute Gasteiger partial charge is 0.489 e. The van der Waals surface area contributed by atoms with E-state index in [0.717, 1.165) is 37.4 Å². The van der Waals surface area contributed by atoms with E-state index in [1.165, 1.54) is 29.5 Å². The number of nitrogens with zero attached hydrogens (tertiary/aromatic N) is 2. The summed E-state index contributed by atoms with van der Waals surface area (Å²) in [4.78, 5) is 9.13. The molecule has 0 radical (unpaired) electrons. The van der Waals surface area contributed by atoms with Gasteiger partial charge in [-0.2, -0.15) is 4.98 Å². The van der Waals surface area contributed by atoms with Crippen LogP contribution in [0.4, 0.5) is 23.1 Å². The molecule has 0 saturated carbocycles. The van der Waals surface area contributed by atoms with Crippen LogP contribution in [0.5, 0.6) is 5.75 Å². The number of ether oxygens (including phenoxy) is 1. The Morgan fingerprint density at radius 1 is 1.12 bits per heavy atom. The number of aryl methyl sites for hydroxylation is 1. The van der Waals surface area contributed by atoms with Crippen molar-refractivity contribution in [3.8, 4) is 5.75 Å². The van der Waals surface area contributed by atoms with E-state index < -0.39 is 15.1 Å². The summed E-state index contributed by atoms with van der Waals surface area (Å²) in [6, 6.07) is 10.6. The smallest absolute Gasteiger partial charge is 0.229 e. The predicted molar refractivity (Wildman–Crippen MR) is 160 cm³/mol. The Bertz CT molecular complexity index is 1410. The minimum atomic E-state index is -3.53. The van der Waals surface area contributed by atoms with Crippen LogP contribution in [0.1, 0.15) is 57.1 Å². The molecule has 1 atom stereocenters. The summed E-state index contributed by atoms with van der Waals surface area (Å²) in [7, 11) is -3.53. The highest BCUT2D eigenvalue weighted by Crippen LogP contribution is 2.37. The van der Waals surface area contributed by atoms with Crippen LogP contribution in [0.2, 0.25) is 5.02 Å². The Hall–Kier alpha value is -2.92. The van der Waals surface area contributed by atoms with Crippen molar-refractivity contribution >= 4 is 44.6 Å². The lowest BCUT2D eigenvalue weighted by atomic mass is 9.87. The summed E-state index contributed by atoms with van der Waals surface area (Å²) in [6.45, 7) is 9.55. The average molecular weight is 588 g/mol. The third kappa shape index (κ3) is 7.23. The lowest BCUT2D eigenvalue weighted by Gasteiger charge is -2.26. The zero-order valence-corrected chi connectivity index (χ0v) is 24.9. The first-order chi connectivity index (χ1) is 19.1. The Morgan fingerprint density at radius 2 is 1.82 bits per heavy atom. The second kappa shape index (κ2) is 13.2. The van der Waals surface area contributed by atoms with E-state index in [4.69, 9.17) is 21.4 Å². The monoisotopic (exact) mass is 587 g/mol. The summed E-state index contributed by atoms with van der Waals surface area (Å²) in [5, 5.41) is 18.6. The normalized spacial score (nSPS) is 15.2. The van der Waals surface area contributed by atoms with E-state index >= 15 is 0 Å². The number of rotatable bonds is 11. The molecule has 0 amide bonds. The molecule has 4 N–H and O–H groups in total. The molecule has 0 spiro atoms. The number of halogens is 1. The summed E-state index contributed by atoms with van der Waals surface area (Å²) >= 11 is 6.40. The minimum absolute atomic E-state index is 0.00842.